The predicted octanol–water partition coefficient (Wildman–Crippen LogP) is 4.19. The number of nitro benzene ring substituents is 1. The van der Waals surface area contributed by atoms with Gasteiger partial charge in [0.15, 0.2) is 0 Å². The highest BCUT2D eigenvalue weighted by molar-refractivity contribution is 5.85. The van der Waals surface area contributed by atoms with Gasteiger partial charge >= 0.3 is 12.2 Å². The van der Waals surface area contributed by atoms with Gasteiger partial charge in [-0.3, -0.25) is 15.4 Å². The lowest BCUT2D eigenvalue weighted by molar-refractivity contribution is -0.384. The number of non-ortho nitro benzene ring substituents is 1. The number of carbonyl (C=O) groups excluding carboxylic acids is 1. The van der Waals surface area contributed by atoms with E-state index in [9.17, 15) is 19.7 Å². The molecule has 0 radical (unpaired) electrons. The van der Waals surface area contributed by atoms with Gasteiger partial charge in [-0.2, -0.15) is 0 Å². The van der Waals surface area contributed by atoms with Crippen molar-refractivity contribution in [3.63, 3.8) is 0 Å². The van der Waals surface area contributed by atoms with E-state index in [4.69, 9.17) is 9.84 Å². The first kappa shape index (κ1) is 24.4. The number of ether oxygens (including phenoxy) is 1. The normalized spacial score (nSPS) is 15.1. The number of hydrogen-bond acceptors (Lipinski definition) is 6. The third kappa shape index (κ3) is 6.87. The fraction of sp³-hybridized carbons (Fsp3) is 0.333. The van der Waals surface area contributed by atoms with E-state index < -0.39 is 22.7 Å². The first-order valence-electron chi connectivity index (χ1n) is 10.6. The average Bonchev–Trinajstić information content (AvgIpc) is 3.18. The molecule has 1 aliphatic heterocycles. The molecule has 2 aromatic rings. The molecule has 2 aromatic carbocycles. The highest BCUT2D eigenvalue weighted by Crippen LogP contribution is 2.28. The summed E-state index contributed by atoms with van der Waals surface area (Å²) in [5.74, 6) is 5.99. The minimum absolute atomic E-state index is 0.0900. The molecule has 0 spiro atoms. The van der Waals surface area contributed by atoms with Gasteiger partial charge in [0, 0.05) is 36.5 Å². The van der Waals surface area contributed by atoms with E-state index in [2.05, 4.69) is 22.5 Å². The number of carbonyl (C=O) groups is 2. The Morgan fingerprint density at radius 1 is 1.21 bits per heavy atom. The summed E-state index contributed by atoms with van der Waals surface area (Å²) in [7, 11) is 0. The zero-order valence-corrected chi connectivity index (χ0v) is 19.1. The van der Waals surface area contributed by atoms with Crippen LogP contribution in [0.25, 0.3) is 0 Å². The summed E-state index contributed by atoms with van der Waals surface area (Å²) >= 11 is 0. The van der Waals surface area contributed by atoms with Crippen molar-refractivity contribution in [2.75, 3.05) is 23.3 Å². The summed E-state index contributed by atoms with van der Waals surface area (Å²) in [5, 5.41) is 25.4. The molecule has 10 heteroatoms. The molecule has 2 amide bonds. The maximum Gasteiger partial charge on any atom is 0.412 e. The summed E-state index contributed by atoms with van der Waals surface area (Å²) in [4.78, 5) is 35.7. The Balaban J connectivity index is 1.85. The third-order valence-electron chi connectivity index (χ3n) is 4.90. The maximum absolute atomic E-state index is 12.0. The monoisotopic (exact) mass is 466 g/mol. The van der Waals surface area contributed by atoms with E-state index >= 15 is 0 Å². The number of hydrogen-bond donors (Lipinski definition) is 3. The molecule has 3 rings (SSSR count). The van der Waals surface area contributed by atoms with Gasteiger partial charge in [-0.05, 0) is 51.5 Å². The smallest absolute Gasteiger partial charge is 0.412 e. The van der Waals surface area contributed by atoms with Crippen LogP contribution in [0.5, 0.6) is 0 Å². The van der Waals surface area contributed by atoms with Gasteiger partial charge in [0.25, 0.3) is 5.69 Å². The van der Waals surface area contributed by atoms with Crippen LogP contribution in [0, 0.1) is 22.0 Å². The molecular formula is C24H26N4O6. The van der Waals surface area contributed by atoms with Crippen LogP contribution in [-0.2, 0) is 4.74 Å². The minimum atomic E-state index is -1.09. The van der Waals surface area contributed by atoms with Gasteiger partial charge in [-0.25, -0.2) is 9.59 Å². The molecule has 0 saturated carbocycles. The summed E-state index contributed by atoms with van der Waals surface area (Å²) in [6.45, 7) is 6.34. The predicted molar refractivity (Wildman–Crippen MR) is 127 cm³/mol. The number of nitrogens with one attached hydrogen (secondary N) is 2. The number of carboxylic acid groups (broad SMARTS) is 1. The second-order valence-corrected chi connectivity index (χ2v) is 8.80. The number of nitrogens with zero attached hydrogens (tertiary/aromatic N) is 2. The Hall–Kier alpha value is -4.26. The van der Waals surface area contributed by atoms with Crippen LogP contribution in [0.15, 0.2) is 42.5 Å². The highest BCUT2D eigenvalue weighted by Gasteiger charge is 2.26. The Morgan fingerprint density at radius 3 is 2.65 bits per heavy atom. The van der Waals surface area contributed by atoms with E-state index in [1.54, 1.807) is 51.1 Å². The van der Waals surface area contributed by atoms with Crippen molar-refractivity contribution in [2.45, 2.75) is 38.8 Å². The number of nitro groups is 1. The maximum atomic E-state index is 12.0. The third-order valence-corrected chi connectivity index (χ3v) is 4.90. The molecule has 1 heterocycles. The summed E-state index contributed by atoms with van der Waals surface area (Å²) in [5.41, 5.74) is 1.52. The lowest BCUT2D eigenvalue weighted by atomic mass is 10.1. The molecule has 0 aliphatic carbocycles. The second kappa shape index (κ2) is 10.1. The van der Waals surface area contributed by atoms with Crippen LogP contribution in [0.4, 0.5) is 26.7 Å². The quantitative estimate of drug-likeness (QED) is 0.349. The van der Waals surface area contributed by atoms with Crippen molar-refractivity contribution >= 4 is 29.2 Å². The van der Waals surface area contributed by atoms with Crippen LogP contribution in [0.2, 0.25) is 0 Å². The lowest BCUT2D eigenvalue weighted by Crippen LogP contribution is -2.36. The SMILES string of the molecule is CC(C)(C)OC(=O)Nc1cccc(C#Cc2cc([N+](=O)[O-])ccc2N2CCC(NC(=O)O)C2)c1. The fourth-order valence-corrected chi connectivity index (χ4v) is 3.52. The largest absolute Gasteiger partial charge is 0.465 e. The number of benzene rings is 2. The van der Waals surface area contributed by atoms with Crippen LogP contribution < -0.4 is 15.5 Å². The molecule has 1 aliphatic rings. The number of rotatable bonds is 4. The Labute approximate surface area is 197 Å². The molecule has 3 N–H and O–H groups in total. The summed E-state index contributed by atoms with van der Waals surface area (Å²) in [6.07, 6.45) is -1.05. The first-order valence-corrected chi connectivity index (χ1v) is 10.6. The van der Waals surface area contributed by atoms with Crippen molar-refractivity contribution in [1.82, 2.24) is 5.32 Å². The standard InChI is InChI=1S/C24H26N4O6/c1-24(2,3)34-23(31)26-18-6-4-5-16(13-18)7-8-17-14-20(28(32)33)9-10-21(17)27-12-11-19(15-27)25-22(29)30/h4-6,9-10,13-14,19,25H,11-12,15H2,1-3H3,(H,26,31)(H,29,30). The van der Waals surface area contributed by atoms with Gasteiger partial charge < -0.3 is 20.1 Å². The molecule has 1 atom stereocenters. The van der Waals surface area contributed by atoms with Crippen molar-refractivity contribution < 1.29 is 24.4 Å². The van der Waals surface area contributed by atoms with Crippen molar-refractivity contribution in [2.24, 2.45) is 0 Å². The molecule has 1 fully saturated rings. The van der Waals surface area contributed by atoms with Crippen LogP contribution in [-0.4, -0.2) is 46.9 Å². The molecule has 1 saturated heterocycles. The summed E-state index contributed by atoms with van der Waals surface area (Å²) < 4.78 is 5.25. The molecule has 1 unspecified atom stereocenters. The zero-order chi connectivity index (χ0) is 24.9. The van der Waals surface area contributed by atoms with Crippen LogP contribution in [0.3, 0.4) is 0 Å². The average molecular weight is 466 g/mol. The molecule has 0 bridgehead atoms. The molecular weight excluding hydrogens is 440 g/mol. The van der Waals surface area contributed by atoms with Gasteiger partial charge in [0.05, 0.1) is 22.2 Å². The van der Waals surface area contributed by atoms with Crippen molar-refractivity contribution in [1.29, 1.82) is 0 Å². The van der Waals surface area contributed by atoms with Gasteiger partial charge in [0.1, 0.15) is 5.60 Å². The van der Waals surface area contributed by atoms with E-state index in [0.29, 0.717) is 42.0 Å². The number of amides is 2. The number of anilines is 2. The van der Waals surface area contributed by atoms with E-state index in [-0.39, 0.29) is 11.7 Å². The Bertz CT molecular complexity index is 1160. The highest BCUT2D eigenvalue weighted by atomic mass is 16.6. The molecule has 0 aromatic heterocycles. The minimum Gasteiger partial charge on any atom is -0.465 e. The Morgan fingerprint density at radius 2 is 1.97 bits per heavy atom. The van der Waals surface area contributed by atoms with Crippen molar-refractivity contribution in [3.8, 4) is 11.8 Å². The van der Waals surface area contributed by atoms with Crippen LogP contribution >= 0.6 is 0 Å². The lowest BCUT2D eigenvalue weighted by Gasteiger charge is -2.20. The Kier molecular flexibility index (Phi) is 7.26. The molecule has 10 nitrogen and oxygen atoms in total. The second-order valence-electron chi connectivity index (χ2n) is 8.80. The van der Waals surface area contributed by atoms with Gasteiger partial charge in [-0.1, -0.05) is 17.9 Å². The van der Waals surface area contributed by atoms with E-state index in [0.717, 1.165) is 0 Å². The molecule has 34 heavy (non-hydrogen) atoms. The topological polar surface area (TPSA) is 134 Å². The van der Waals surface area contributed by atoms with Crippen LogP contribution in [0.1, 0.15) is 38.3 Å². The van der Waals surface area contributed by atoms with Gasteiger partial charge in [-0.15, -0.1) is 0 Å². The van der Waals surface area contributed by atoms with E-state index in [1.807, 2.05) is 4.90 Å². The van der Waals surface area contributed by atoms with Gasteiger partial charge in [0.2, 0.25) is 0 Å². The molecule has 178 valence electrons. The fourth-order valence-electron chi connectivity index (χ4n) is 3.52. The summed E-state index contributed by atoms with van der Waals surface area (Å²) in [6, 6.07) is 11.1. The first-order chi connectivity index (χ1) is 16.0. The van der Waals surface area contributed by atoms with Crippen molar-refractivity contribution in [3.05, 3.63) is 63.7 Å². The zero-order valence-electron chi connectivity index (χ0n) is 19.1. The van der Waals surface area contributed by atoms with E-state index in [1.165, 1.54) is 12.1 Å².